The highest BCUT2D eigenvalue weighted by molar-refractivity contribution is 6.33. The summed E-state index contributed by atoms with van der Waals surface area (Å²) in [6, 6.07) is 11.4. The Balaban J connectivity index is 1.84. The Kier molecular flexibility index (Phi) is 5.18. The lowest BCUT2D eigenvalue weighted by Crippen LogP contribution is -2.08. The van der Waals surface area contributed by atoms with Crippen LogP contribution in [-0.4, -0.2) is 20.7 Å². The van der Waals surface area contributed by atoms with Gasteiger partial charge in [-0.3, -0.25) is 10.1 Å². The molecule has 0 bridgehead atoms. The first-order valence-corrected chi connectivity index (χ1v) is 8.16. The molecule has 0 aliphatic rings. The third-order valence-electron chi connectivity index (χ3n) is 3.83. The van der Waals surface area contributed by atoms with Gasteiger partial charge in [0.05, 0.1) is 21.9 Å². The predicted molar refractivity (Wildman–Crippen MR) is 95.5 cm³/mol. The van der Waals surface area contributed by atoms with Crippen LogP contribution in [0.3, 0.4) is 0 Å². The van der Waals surface area contributed by atoms with E-state index >= 15 is 0 Å². The van der Waals surface area contributed by atoms with Crippen LogP contribution in [0.25, 0.3) is 5.69 Å². The van der Waals surface area contributed by atoms with Crippen molar-refractivity contribution in [2.75, 3.05) is 0 Å². The average Bonchev–Trinajstić information content (AvgIpc) is 2.95. The fraction of sp³-hybridized carbons (Fsp3) is 0.111. The molecule has 27 heavy (non-hydrogen) atoms. The minimum Gasteiger partial charge on any atom is -0.457 e. The molecular formula is C18H13ClFN3O4. The van der Waals surface area contributed by atoms with E-state index in [1.165, 1.54) is 47.1 Å². The predicted octanol–water partition coefficient (Wildman–Crippen LogP) is 4.24. The fourth-order valence-corrected chi connectivity index (χ4v) is 2.86. The molecule has 0 saturated carbocycles. The number of halogens is 2. The number of hydrogen-bond donors (Lipinski definition) is 0. The molecule has 0 amide bonds. The topological polar surface area (TPSA) is 87.3 Å². The van der Waals surface area contributed by atoms with Crippen molar-refractivity contribution in [3.63, 3.8) is 0 Å². The molecule has 0 atom stereocenters. The Bertz CT molecular complexity index is 1020. The van der Waals surface area contributed by atoms with E-state index in [4.69, 9.17) is 16.3 Å². The molecule has 7 nitrogen and oxygen atoms in total. The molecule has 1 aromatic heterocycles. The summed E-state index contributed by atoms with van der Waals surface area (Å²) in [6.45, 7) is 1.29. The van der Waals surface area contributed by atoms with E-state index < -0.39 is 16.7 Å². The number of aromatic nitrogens is 2. The lowest BCUT2D eigenvalue weighted by Gasteiger charge is -2.06. The van der Waals surface area contributed by atoms with Gasteiger partial charge in [-0.1, -0.05) is 23.7 Å². The van der Waals surface area contributed by atoms with Crippen molar-refractivity contribution >= 4 is 23.3 Å². The monoisotopic (exact) mass is 389 g/mol. The molecule has 2 aromatic carbocycles. The van der Waals surface area contributed by atoms with Gasteiger partial charge in [-0.15, -0.1) is 0 Å². The second-order valence-electron chi connectivity index (χ2n) is 5.60. The highest BCUT2D eigenvalue weighted by Crippen LogP contribution is 2.25. The van der Waals surface area contributed by atoms with Crippen LogP contribution in [0.4, 0.5) is 10.1 Å². The van der Waals surface area contributed by atoms with Crippen molar-refractivity contribution < 1.29 is 18.8 Å². The first kappa shape index (κ1) is 18.5. The third kappa shape index (κ3) is 3.80. The molecule has 0 saturated heterocycles. The smallest absolute Gasteiger partial charge is 0.343 e. The molecule has 1 heterocycles. The number of rotatable bonds is 5. The number of ether oxygens (including phenoxy) is 1. The van der Waals surface area contributed by atoms with Gasteiger partial charge in [-0.25, -0.2) is 13.9 Å². The molecule has 9 heteroatoms. The van der Waals surface area contributed by atoms with Crippen LogP contribution in [0.1, 0.15) is 21.6 Å². The maximum absolute atomic E-state index is 13.1. The van der Waals surface area contributed by atoms with Crippen molar-refractivity contribution in [3.05, 3.63) is 86.4 Å². The van der Waals surface area contributed by atoms with Crippen molar-refractivity contribution in [2.24, 2.45) is 0 Å². The van der Waals surface area contributed by atoms with Gasteiger partial charge in [0.25, 0.3) is 5.69 Å². The number of para-hydroxylation sites is 1. The van der Waals surface area contributed by atoms with Crippen LogP contribution in [0.15, 0.2) is 48.5 Å². The van der Waals surface area contributed by atoms with Crippen LogP contribution in [-0.2, 0) is 11.3 Å². The zero-order valence-corrected chi connectivity index (χ0v) is 14.8. The number of carbonyl (C=O) groups excluding carboxylic acids is 1. The Morgan fingerprint density at radius 1 is 1.26 bits per heavy atom. The summed E-state index contributed by atoms with van der Waals surface area (Å²) in [7, 11) is 0. The average molecular weight is 390 g/mol. The van der Waals surface area contributed by atoms with E-state index in [1.807, 2.05) is 0 Å². The highest BCUT2D eigenvalue weighted by Gasteiger charge is 2.23. The zero-order valence-electron chi connectivity index (χ0n) is 14.1. The fourth-order valence-electron chi connectivity index (χ4n) is 2.51. The van der Waals surface area contributed by atoms with Gasteiger partial charge in [0.1, 0.15) is 23.1 Å². The second kappa shape index (κ2) is 7.55. The maximum atomic E-state index is 13.1. The number of benzene rings is 2. The largest absolute Gasteiger partial charge is 0.457 e. The highest BCUT2D eigenvalue weighted by atomic mass is 35.5. The molecule has 3 rings (SSSR count). The number of nitro benzene ring substituents is 1. The van der Waals surface area contributed by atoms with Gasteiger partial charge >= 0.3 is 5.97 Å². The summed E-state index contributed by atoms with van der Waals surface area (Å²) in [6.07, 6.45) is 0. The van der Waals surface area contributed by atoms with E-state index in [1.54, 1.807) is 13.0 Å². The molecule has 3 aromatic rings. The summed E-state index contributed by atoms with van der Waals surface area (Å²) in [5, 5.41) is 15.2. The summed E-state index contributed by atoms with van der Waals surface area (Å²) < 4.78 is 19.6. The van der Waals surface area contributed by atoms with Gasteiger partial charge < -0.3 is 4.74 Å². The van der Waals surface area contributed by atoms with Crippen LogP contribution in [0, 0.1) is 22.9 Å². The van der Waals surface area contributed by atoms with E-state index in [0.717, 1.165) is 0 Å². The molecule has 0 unspecified atom stereocenters. The molecule has 138 valence electrons. The van der Waals surface area contributed by atoms with Gasteiger partial charge in [0.2, 0.25) is 0 Å². The number of esters is 1. The van der Waals surface area contributed by atoms with E-state index in [9.17, 15) is 19.3 Å². The van der Waals surface area contributed by atoms with Gasteiger partial charge in [-0.05, 0) is 37.3 Å². The molecular weight excluding hydrogens is 377 g/mol. The van der Waals surface area contributed by atoms with Crippen LogP contribution < -0.4 is 0 Å². The normalized spacial score (nSPS) is 10.6. The van der Waals surface area contributed by atoms with E-state index in [-0.39, 0.29) is 28.6 Å². The summed E-state index contributed by atoms with van der Waals surface area (Å²) in [4.78, 5) is 22.9. The maximum Gasteiger partial charge on any atom is 0.343 e. The quantitative estimate of drug-likeness (QED) is 0.370. The molecule has 0 aliphatic heterocycles. The van der Waals surface area contributed by atoms with E-state index in [0.29, 0.717) is 11.4 Å². The Labute approximate surface area is 158 Å². The van der Waals surface area contributed by atoms with Crippen molar-refractivity contribution in [1.82, 2.24) is 9.78 Å². The summed E-state index contributed by atoms with van der Waals surface area (Å²) in [5.74, 6) is -1.17. The Morgan fingerprint density at radius 3 is 2.59 bits per heavy atom. The lowest BCUT2D eigenvalue weighted by molar-refractivity contribution is -0.385. The number of nitrogens with zero attached hydrogens (tertiary/aromatic N) is 3. The van der Waals surface area contributed by atoms with Crippen LogP contribution >= 0.6 is 11.6 Å². The van der Waals surface area contributed by atoms with Crippen molar-refractivity contribution in [3.8, 4) is 5.69 Å². The molecule has 0 spiro atoms. The van der Waals surface area contributed by atoms with Crippen LogP contribution in [0.5, 0.6) is 0 Å². The Hall–Kier alpha value is -3.26. The lowest BCUT2D eigenvalue weighted by atomic mass is 10.2. The number of carbonyl (C=O) groups is 1. The standard InChI is InChI=1S/C18H13ClFN3O4/c1-11-16(17(19)22(21-11)14-8-6-13(20)7-9-14)18(24)27-10-12-4-2-3-5-15(12)23(25)26/h2-9H,10H2,1H3. The zero-order chi connectivity index (χ0) is 19.6. The first-order valence-electron chi connectivity index (χ1n) is 7.79. The van der Waals surface area contributed by atoms with E-state index in [2.05, 4.69) is 5.10 Å². The number of aryl methyl sites for hydroxylation is 1. The molecule has 0 aliphatic carbocycles. The SMILES string of the molecule is Cc1nn(-c2ccc(F)cc2)c(Cl)c1C(=O)OCc1ccccc1[N+](=O)[O-]. The molecule has 0 N–H and O–H groups in total. The molecule has 0 radical (unpaired) electrons. The number of nitro groups is 1. The van der Waals surface area contributed by atoms with Crippen molar-refractivity contribution in [1.29, 1.82) is 0 Å². The minimum absolute atomic E-state index is 0.00618. The van der Waals surface area contributed by atoms with Crippen molar-refractivity contribution in [2.45, 2.75) is 13.5 Å². The minimum atomic E-state index is -0.760. The Morgan fingerprint density at radius 2 is 1.93 bits per heavy atom. The summed E-state index contributed by atoms with van der Waals surface area (Å²) >= 11 is 6.26. The first-order chi connectivity index (χ1) is 12.9. The van der Waals surface area contributed by atoms with Gasteiger partial charge in [0.15, 0.2) is 0 Å². The molecule has 0 fully saturated rings. The third-order valence-corrected chi connectivity index (χ3v) is 4.18. The van der Waals surface area contributed by atoms with Crippen LogP contribution in [0.2, 0.25) is 5.15 Å². The van der Waals surface area contributed by atoms with Gasteiger partial charge in [0, 0.05) is 6.07 Å². The van der Waals surface area contributed by atoms with Gasteiger partial charge in [-0.2, -0.15) is 5.10 Å². The summed E-state index contributed by atoms with van der Waals surface area (Å²) in [5.41, 5.74) is 0.949. The second-order valence-corrected chi connectivity index (χ2v) is 5.96. The number of hydrogen-bond acceptors (Lipinski definition) is 5.